The minimum atomic E-state index is -0.0854. The van der Waals surface area contributed by atoms with E-state index in [1.807, 2.05) is 0 Å². The molecule has 0 heterocycles. The maximum atomic E-state index is 12.6. The zero-order valence-corrected chi connectivity index (χ0v) is 13.8. The Morgan fingerprint density at radius 1 is 0.958 bits per heavy atom. The monoisotopic (exact) mass is 326 g/mol. The summed E-state index contributed by atoms with van der Waals surface area (Å²) in [5.41, 5.74) is 2.82. The number of hydrogen-bond acceptors (Lipinski definition) is 5. The molecule has 1 aliphatic carbocycles. The van der Waals surface area contributed by atoms with Gasteiger partial charge >= 0.3 is 0 Å². The van der Waals surface area contributed by atoms with Gasteiger partial charge in [-0.2, -0.15) is 0 Å². The topological polar surface area (TPSA) is 65.0 Å². The number of Topliss-reactive ketones (excluding diaryl/α,β-unsaturated/α-hetero) is 1. The van der Waals surface area contributed by atoms with E-state index in [2.05, 4.69) is 0 Å². The Labute approximate surface area is 140 Å². The summed E-state index contributed by atoms with van der Waals surface area (Å²) in [5, 5.41) is 9.58. The average Bonchev–Trinajstić information content (AvgIpc) is 2.90. The Morgan fingerprint density at radius 3 is 2.29 bits per heavy atom. The van der Waals surface area contributed by atoms with Crippen LogP contribution in [0.4, 0.5) is 0 Å². The van der Waals surface area contributed by atoms with E-state index in [1.54, 1.807) is 51.7 Å². The number of methoxy groups -OCH3 is 3. The fraction of sp³-hybridized carbons (Fsp3) is 0.211. The first kappa shape index (κ1) is 15.9. The van der Waals surface area contributed by atoms with Crippen molar-refractivity contribution in [1.29, 1.82) is 0 Å². The fourth-order valence-corrected chi connectivity index (χ4v) is 2.86. The van der Waals surface area contributed by atoms with Crippen molar-refractivity contribution in [3.8, 4) is 23.0 Å². The number of fused-ring (bicyclic) bond motifs is 1. The molecule has 24 heavy (non-hydrogen) atoms. The molecule has 0 saturated carbocycles. The van der Waals surface area contributed by atoms with Gasteiger partial charge in [-0.05, 0) is 29.8 Å². The lowest BCUT2D eigenvalue weighted by Gasteiger charge is -2.12. The Hall–Kier alpha value is -2.95. The van der Waals surface area contributed by atoms with Crippen LogP contribution in [-0.4, -0.2) is 32.2 Å². The lowest BCUT2D eigenvalue weighted by atomic mass is 10.1. The first-order valence-electron chi connectivity index (χ1n) is 7.44. The summed E-state index contributed by atoms with van der Waals surface area (Å²) in [7, 11) is 4.67. The van der Waals surface area contributed by atoms with Gasteiger partial charge in [0.15, 0.2) is 17.3 Å². The van der Waals surface area contributed by atoms with Gasteiger partial charge in [0.05, 0.1) is 21.3 Å². The number of phenols is 1. The maximum Gasteiger partial charge on any atom is 0.189 e. The smallest absolute Gasteiger partial charge is 0.189 e. The molecule has 0 saturated heterocycles. The summed E-state index contributed by atoms with van der Waals surface area (Å²) >= 11 is 0. The summed E-state index contributed by atoms with van der Waals surface area (Å²) in [6, 6.07) is 8.37. The van der Waals surface area contributed by atoms with Gasteiger partial charge in [0.1, 0.15) is 11.5 Å². The average molecular weight is 326 g/mol. The second-order valence-corrected chi connectivity index (χ2v) is 5.47. The maximum absolute atomic E-state index is 12.6. The van der Waals surface area contributed by atoms with Gasteiger partial charge in [0.2, 0.25) is 0 Å². The Bertz CT molecular complexity index is 836. The first-order valence-corrected chi connectivity index (χ1v) is 7.44. The van der Waals surface area contributed by atoms with Gasteiger partial charge in [0.25, 0.3) is 0 Å². The van der Waals surface area contributed by atoms with E-state index in [9.17, 15) is 9.90 Å². The van der Waals surface area contributed by atoms with Crippen LogP contribution < -0.4 is 14.2 Å². The summed E-state index contributed by atoms with van der Waals surface area (Å²) in [5.74, 6) is 1.71. The van der Waals surface area contributed by atoms with Crippen LogP contribution in [0.25, 0.3) is 6.08 Å². The Kier molecular flexibility index (Phi) is 4.16. The zero-order valence-electron chi connectivity index (χ0n) is 13.8. The number of ether oxygens (including phenoxy) is 3. The molecule has 2 aromatic rings. The van der Waals surface area contributed by atoms with Crippen molar-refractivity contribution in [3.63, 3.8) is 0 Å². The number of allylic oxidation sites excluding steroid dienone is 1. The summed E-state index contributed by atoms with van der Waals surface area (Å²) in [4.78, 5) is 12.6. The molecule has 3 rings (SSSR count). The highest BCUT2D eigenvalue weighted by molar-refractivity contribution is 6.15. The molecule has 0 atom stereocenters. The molecule has 0 amide bonds. The second kappa shape index (κ2) is 6.28. The van der Waals surface area contributed by atoms with Gasteiger partial charge in [0, 0.05) is 29.2 Å². The van der Waals surface area contributed by atoms with Gasteiger partial charge in [-0.1, -0.05) is 6.07 Å². The Balaban J connectivity index is 2.05. The van der Waals surface area contributed by atoms with E-state index in [-0.39, 0.29) is 11.5 Å². The van der Waals surface area contributed by atoms with Crippen molar-refractivity contribution in [2.75, 3.05) is 21.3 Å². The minimum Gasteiger partial charge on any atom is -0.508 e. The van der Waals surface area contributed by atoms with Crippen molar-refractivity contribution >= 4 is 11.9 Å². The van der Waals surface area contributed by atoms with E-state index in [1.165, 1.54) is 6.07 Å². The molecule has 0 radical (unpaired) electrons. The summed E-state index contributed by atoms with van der Waals surface area (Å²) in [6.45, 7) is 0. The van der Waals surface area contributed by atoms with E-state index < -0.39 is 0 Å². The number of phenolic OH excluding ortho intramolecular Hbond substituents is 1. The van der Waals surface area contributed by atoms with Crippen LogP contribution in [0.5, 0.6) is 23.0 Å². The van der Waals surface area contributed by atoms with E-state index in [4.69, 9.17) is 14.2 Å². The number of carbonyl (C=O) groups excluding carboxylic acids is 1. The van der Waals surface area contributed by atoms with Crippen LogP contribution in [0, 0.1) is 0 Å². The molecule has 1 aliphatic rings. The predicted octanol–water partition coefficient (Wildman–Crippen LogP) is 3.24. The van der Waals surface area contributed by atoms with Crippen molar-refractivity contribution in [2.45, 2.75) is 6.42 Å². The normalized spacial score (nSPS) is 14.6. The number of rotatable bonds is 4. The van der Waals surface area contributed by atoms with Crippen LogP contribution in [0.3, 0.4) is 0 Å². The first-order chi connectivity index (χ1) is 11.6. The van der Waals surface area contributed by atoms with Crippen molar-refractivity contribution in [1.82, 2.24) is 0 Å². The highest BCUT2D eigenvalue weighted by atomic mass is 16.5. The van der Waals surface area contributed by atoms with Crippen LogP contribution in [0.1, 0.15) is 21.5 Å². The molecule has 0 aromatic heterocycles. The van der Waals surface area contributed by atoms with Gasteiger partial charge in [-0.15, -0.1) is 0 Å². The molecular formula is C19H18O5. The second-order valence-electron chi connectivity index (χ2n) is 5.47. The SMILES string of the molecule is COc1cc(OC)c(OC)cc1/C=C1\Cc2ccc(O)cc2C1=O. The quantitative estimate of drug-likeness (QED) is 0.874. The highest BCUT2D eigenvalue weighted by Crippen LogP contribution is 2.37. The fourth-order valence-electron chi connectivity index (χ4n) is 2.86. The molecule has 1 N–H and O–H groups in total. The summed E-state index contributed by atoms with van der Waals surface area (Å²) in [6.07, 6.45) is 2.31. The lowest BCUT2D eigenvalue weighted by molar-refractivity contribution is 0.104. The molecule has 0 bridgehead atoms. The molecule has 5 heteroatoms. The van der Waals surface area contributed by atoms with E-state index in [0.717, 1.165) is 11.1 Å². The van der Waals surface area contributed by atoms with Crippen molar-refractivity contribution < 1.29 is 24.1 Å². The number of benzene rings is 2. The van der Waals surface area contributed by atoms with Gasteiger partial charge in [-0.25, -0.2) is 0 Å². The Morgan fingerprint density at radius 2 is 1.62 bits per heavy atom. The molecule has 0 aliphatic heterocycles. The molecule has 0 fully saturated rings. The number of aromatic hydroxyl groups is 1. The van der Waals surface area contributed by atoms with Crippen LogP contribution in [0.2, 0.25) is 0 Å². The number of ketones is 1. The largest absolute Gasteiger partial charge is 0.508 e. The molecular weight excluding hydrogens is 308 g/mol. The van der Waals surface area contributed by atoms with Crippen LogP contribution >= 0.6 is 0 Å². The standard InChI is InChI=1S/C19H18O5/c1-22-16-10-18(24-3)17(23-2)8-12(16)7-13-6-11-4-5-14(20)9-15(11)19(13)21/h4-5,7-10,20H,6H2,1-3H3/b13-7+. The van der Waals surface area contributed by atoms with Crippen molar-refractivity contribution in [2.24, 2.45) is 0 Å². The third kappa shape index (κ3) is 2.69. The van der Waals surface area contributed by atoms with Crippen LogP contribution in [-0.2, 0) is 6.42 Å². The lowest BCUT2D eigenvalue weighted by Crippen LogP contribution is -1.98. The van der Waals surface area contributed by atoms with Crippen molar-refractivity contribution in [3.05, 3.63) is 52.6 Å². The minimum absolute atomic E-state index is 0.0854. The molecule has 124 valence electrons. The third-order valence-corrected chi connectivity index (χ3v) is 4.08. The third-order valence-electron chi connectivity index (χ3n) is 4.08. The molecule has 0 unspecified atom stereocenters. The molecule has 0 spiro atoms. The zero-order chi connectivity index (χ0) is 17.3. The highest BCUT2D eigenvalue weighted by Gasteiger charge is 2.25. The number of carbonyl (C=O) groups is 1. The van der Waals surface area contributed by atoms with Crippen LogP contribution in [0.15, 0.2) is 35.9 Å². The van der Waals surface area contributed by atoms with E-state index in [0.29, 0.717) is 34.8 Å². The molecule has 5 nitrogen and oxygen atoms in total. The predicted molar refractivity (Wildman–Crippen MR) is 90.2 cm³/mol. The number of hydrogen-bond donors (Lipinski definition) is 1. The van der Waals surface area contributed by atoms with E-state index >= 15 is 0 Å². The molecule has 2 aromatic carbocycles. The van der Waals surface area contributed by atoms with Gasteiger partial charge < -0.3 is 19.3 Å². The summed E-state index contributed by atoms with van der Waals surface area (Å²) < 4.78 is 16.0. The van der Waals surface area contributed by atoms with Gasteiger partial charge in [-0.3, -0.25) is 4.79 Å².